The predicted molar refractivity (Wildman–Crippen MR) is 50.2 cm³/mol. The summed E-state index contributed by atoms with van der Waals surface area (Å²) in [5.74, 6) is -0.741. The number of rotatable bonds is 2. The highest BCUT2D eigenvalue weighted by atomic mass is 16.4. The SMILES string of the molecule is CN(C)c1ncc(C#N)cc1C(=O)O. The minimum Gasteiger partial charge on any atom is -0.478 e. The second-order valence-electron chi connectivity index (χ2n) is 2.91. The van der Waals surface area contributed by atoms with Gasteiger partial charge in [0.25, 0.3) is 0 Å². The molecular weight excluding hydrogens is 182 g/mol. The Morgan fingerprint density at radius 2 is 2.29 bits per heavy atom. The van der Waals surface area contributed by atoms with Gasteiger partial charge in [-0.3, -0.25) is 0 Å². The second-order valence-corrected chi connectivity index (χ2v) is 2.91. The quantitative estimate of drug-likeness (QED) is 0.745. The number of aromatic carboxylic acids is 1. The number of nitriles is 1. The number of aromatic nitrogens is 1. The van der Waals surface area contributed by atoms with E-state index in [9.17, 15) is 4.79 Å². The molecule has 0 atom stereocenters. The van der Waals surface area contributed by atoms with Gasteiger partial charge in [-0.15, -0.1) is 0 Å². The second kappa shape index (κ2) is 3.75. The molecule has 0 unspecified atom stereocenters. The van der Waals surface area contributed by atoms with Gasteiger partial charge in [0.05, 0.1) is 5.56 Å². The summed E-state index contributed by atoms with van der Waals surface area (Å²) in [4.78, 5) is 16.3. The summed E-state index contributed by atoms with van der Waals surface area (Å²) in [7, 11) is 3.39. The molecule has 0 aliphatic carbocycles. The first-order chi connectivity index (χ1) is 6.56. The maximum atomic E-state index is 10.8. The standard InChI is InChI=1S/C9H9N3O2/c1-12(2)8-7(9(13)14)3-6(4-10)5-11-8/h3,5H,1-2H3,(H,13,14). The molecule has 5 heteroatoms. The molecule has 0 aliphatic rings. The first kappa shape index (κ1) is 9.99. The molecule has 0 aromatic carbocycles. The fraction of sp³-hybridized carbons (Fsp3) is 0.222. The predicted octanol–water partition coefficient (Wildman–Crippen LogP) is 0.717. The fourth-order valence-corrected chi connectivity index (χ4v) is 1.03. The summed E-state index contributed by atoms with van der Waals surface area (Å²) >= 11 is 0. The zero-order valence-corrected chi connectivity index (χ0v) is 7.85. The molecule has 14 heavy (non-hydrogen) atoms. The Labute approximate surface area is 81.2 Å². The first-order valence-corrected chi connectivity index (χ1v) is 3.87. The molecule has 5 nitrogen and oxygen atoms in total. The molecule has 0 amide bonds. The van der Waals surface area contributed by atoms with E-state index >= 15 is 0 Å². The van der Waals surface area contributed by atoms with E-state index in [1.165, 1.54) is 12.3 Å². The maximum Gasteiger partial charge on any atom is 0.339 e. The van der Waals surface area contributed by atoms with Crippen LogP contribution in [0, 0.1) is 11.3 Å². The van der Waals surface area contributed by atoms with Gasteiger partial charge in [-0.05, 0) is 6.07 Å². The highest BCUT2D eigenvalue weighted by Crippen LogP contribution is 2.16. The van der Waals surface area contributed by atoms with Crippen molar-refractivity contribution in [2.45, 2.75) is 0 Å². The zero-order valence-electron chi connectivity index (χ0n) is 7.85. The van der Waals surface area contributed by atoms with E-state index < -0.39 is 5.97 Å². The summed E-state index contributed by atoms with van der Waals surface area (Å²) in [5.41, 5.74) is 0.280. The van der Waals surface area contributed by atoms with Crippen LogP contribution in [0.5, 0.6) is 0 Å². The van der Waals surface area contributed by atoms with Crippen LogP contribution in [0.1, 0.15) is 15.9 Å². The number of carboxylic acids is 1. The summed E-state index contributed by atoms with van der Waals surface area (Å²) < 4.78 is 0. The molecule has 0 saturated heterocycles. The van der Waals surface area contributed by atoms with E-state index in [0.29, 0.717) is 5.82 Å². The Morgan fingerprint density at radius 1 is 1.64 bits per heavy atom. The zero-order chi connectivity index (χ0) is 10.7. The topological polar surface area (TPSA) is 77.2 Å². The molecule has 0 spiro atoms. The smallest absolute Gasteiger partial charge is 0.339 e. The number of anilines is 1. The normalized spacial score (nSPS) is 9.21. The van der Waals surface area contributed by atoms with Crippen LogP contribution in [0.15, 0.2) is 12.3 Å². The Hall–Kier alpha value is -2.09. The number of carbonyl (C=O) groups is 1. The molecule has 1 N–H and O–H groups in total. The minimum atomic E-state index is -1.08. The maximum absolute atomic E-state index is 10.8. The Morgan fingerprint density at radius 3 is 2.71 bits per heavy atom. The third-order valence-corrected chi connectivity index (χ3v) is 1.65. The van der Waals surface area contributed by atoms with Gasteiger partial charge in [0.2, 0.25) is 0 Å². The minimum absolute atomic E-state index is 0.0362. The summed E-state index contributed by atoms with van der Waals surface area (Å²) in [5, 5.41) is 17.4. The molecule has 1 aromatic rings. The van der Waals surface area contributed by atoms with Crippen molar-refractivity contribution >= 4 is 11.8 Å². The van der Waals surface area contributed by atoms with Crippen molar-refractivity contribution in [1.29, 1.82) is 5.26 Å². The lowest BCUT2D eigenvalue weighted by Crippen LogP contribution is -2.15. The largest absolute Gasteiger partial charge is 0.478 e. The lowest BCUT2D eigenvalue weighted by atomic mass is 10.2. The Balaban J connectivity index is 3.33. The third-order valence-electron chi connectivity index (χ3n) is 1.65. The van der Waals surface area contributed by atoms with Crippen LogP contribution >= 0.6 is 0 Å². The van der Waals surface area contributed by atoms with Gasteiger partial charge >= 0.3 is 5.97 Å². The highest BCUT2D eigenvalue weighted by molar-refractivity contribution is 5.93. The molecule has 1 heterocycles. The number of nitrogens with zero attached hydrogens (tertiary/aromatic N) is 3. The van der Waals surface area contributed by atoms with Crippen LogP contribution < -0.4 is 4.90 Å². The fourth-order valence-electron chi connectivity index (χ4n) is 1.03. The van der Waals surface area contributed by atoms with E-state index in [0.717, 1.165) is 0 Å². The molecule has 0 aliphatic heterocycles. The average molecular weight is 191 g/mol. The van der Waals surface area contributed by atoms with Crippen molar-refractivity contribution in [3.8, 4) is 6.07 Å². The van der Waals surface area contributed by atoms with Gasteiger partial charge < -0.3 is 10.0 Å². The lowest BCUT2D eigenvalue weighted by Gasteiger charge is -2.13. The number of carboxylic acid groups (broad SMARTS) is 1. The van der Waals surface area contributed by atoms with Crippen LogP contribution in [0.4, 0.5) is 5.82 Å². The summed E-state index contributed by atoms with van der Waals surface area (Å²) in [6.45, 7) is 0. The Kier molecular flexibility index (Phi) is 2.67. The van der Waals surface area contributed by atoms with Crippen LogP contribution in [0.25, 0.3) is 0 Å². The Bertz CT molecular complexity index is 407. The molecule has 72 valence electrons. The summed E-state index contributed by atoms with van der Waals surface area (Å²) in [6, 6.07) is 3.15. The van der Waals surface area contributed by atoms with Crippen molar-refractivity contribution in [2.24, 2.45) is 0 Å². The molecule has 1 rings (SSSR count). The van der Waals surface area contributed by atoms with Gasteiger partial charge in [0.15, 0.2) is 0 Å². The number of hydrogen-bond acceptors (Lipinski definition) is 4. The van der Waals surface area contributed by atoms with Crippen molar-refractivity contribution in [2.75, 3.05) is 19.0 Å². The molecule has 1 aromatic heterocycles. The van der Waals surface area contributed by atoms with E-state index in [1.807, 2.05) is 6.07 Å². The molecular formula is C9H9N3O2. The molecule has 0 radical (unpaired) electrons. The highest BCUT2D eigenvalue weighted by Gasteiger charge is 2.13. The lowest BCUT2D eigenvalue weighted by molar-refractivity contribution is 0.0697. The van der Waals surface area contributed by atoms with Crippen LogP contribution in [0.3, 0.4) is 0 Å². The molecule has 0 saturated carbocycles. The van der Waals surface area contributed by atoms with Crippen molar-refractivity contribution < 1.29 is 9.90 Å². The third kappa shape index (κ3) is 1.80. The van der Waals surface area contributed by atoms with E-state index in [4.69, 9.17) is 10.4 Å². The van der Waals surface area contributed by atoms with E-state index in [2.05, 4.69) is 4.98 Å². The van der Waals surface area contributed by atoms with Gasteiger partial charge in [-0.2, -0.15) is 5.26 Å². The van der Waals surface area contributed by atoms with Crippen molar-refractivity contribution in [3.63, 3.8) is 0 Å². The van der Waals surface area contributed by atoms with Crippen molar-refractivity contribution in [1.82, 2.24) is 4.98 Å². The van der Waals surface area contributed by atoms with Gasteiger partial charge in [0, 0.05) is 20.3 Å². The van der Waals surface area contributed by atoms with E-state index in [-0.39, 0.29) is 11.1 Å². The van der Waals surface area contributed by atoms with Crippen LogP contribution in [0.2, 0.25) is 0 Å². The van der Waals surface area contributed by atoms with Gasteiger partial charge in [0.1, 0.15) is 17.5 Å². The monoisotopic (exact) mass is 191 g/mol. The van der Waals surface area contributed by atoms with Crippen LogP contribution in [-0.2, 0) is 0 Å². The molecule has 0 bridgehead atoms. The van der Waals surface area contributed by atoms with Crippen molar-refractivity contribution in [3.05, 3.63) is 23.4 Å². The first-order valence-electron chi connectivity index (χ1n) is 3.87. The molecule has 0 fully saturated rings. The average Bonchev–Trinajstić information content (AvgIpc) is 2.16. The number of hydrogen-bond donors (Lipinski definition) is 1. The van der Waals surface area contributed by atoms with Gasteiger partial charge in [-0.1, -0.05) is 0 Å². The van der Waals surface area contributed by atoms with Gasteiger partial charge in [-0.25, -0.2) is 9.78 Å². The number of pyridine rings is 1. The van der Waals surface area contributed by atoms with E-state index in [1.54, 1.807) is 19.0 Å². The summed E-state index contributed by atoms with van der Waals surface area (Å²) in [6.07, 6.45) is 1.35. The van der Waals surface area contributed by atoms with Crippen LogP contribution in [-0.4, -0.2) is 30.2 Å².